The number of ketones is 1. The summed E-state index contributed by atoms with van der Waals surface area (Å²) in [5.74, 6) is -0.956. The van der Waals surface area contributed by atoms with E-state index in [1.54, 1.807) is 21.9 Å². The maximum Gasteiger partial charge on any atom is 0.256 e. The molecule has 1 fully saturated rings. The quantitative estimate of drug-likeness (QED) is 0.851. The topological polar surface area (TPSA) is 57.7 Å². The molecule has 1 aromatic rings. The first kappa shape index (κ1) is 17.1. The summed E-state index contributed by atoms with van der Waals surface area (Å²) in [4.78, 5) is 38.7. The van der Waals surface area contributed by atoms with Crippen molar-refractivity contribution in [2.75, 3.05) is 26.2 Å². The molecular formula is C17H21FN2O3. The summed E-state index contributed by atoms with van der Waals surface area (Å²) in [6.07, 6.45) is 1.09. The summed E-state index contributed by atoms with van der Waals surface area (Å²) in [5.41, 5.74) is 0.0591. The van der Waals surface area contributed by atoms with Gasteiger partial charge in [0, 0.05) is 39.0 Å². The van der Waals surface area contributed by atoms with Crippen LogP contribution in [0.5, 0.6) is 0 Å². The predicted molar refractivity (Wildman–Crippen MR) is 83.4 cm³/mol. The normalized spacial score (nSPS) is 15.2. The van der Waals surface area contributed by atoms with E-state index in [-0.39, 0.29) is 36.0 Å². The van der Waals surface area contributed by atoms with Gasteiger partial charge in [0.25, 0.3) is 5.91 Å². The highest BCUT2D eigenvalue weighted by Crippen LogP contribution is 2.13. The molecule has 5 nitrogen and oxygen atoms in total. The Labute approximate surface area is 135 Å². The third kappa shape index (κ3) is 4.61. The van der Waals surface area contributed by atoms with Gasteiger partial charge in [-0.15, -0.1) is 0 Å². The lowest BCUT2D eigenvalue weighted by Crippen LogP contribution is -2.37. The zero-order chi connectivity index (χ0) is 16.8. The van der Waals surface area contributed by atoms with Crippen molar-refractivity contribution in [3.63, 3.8) is 0 Å². The fraction of sp³-hybridized carbons (Fsp3) is 0.471. The molecule has 0 bridgehead atoms. The van der Waals surface area contributed by atoms with Gasteiger partial charge in [0.1, 0.15) is 11.6 Å². The van der Waals surface area contributed by atoms with Crippen LogP contribution in [0, 0.1) is 5.82 Å². The first-order valence-corrected chi connectivity index (χ1v) is 7.80. The molecule has 0 atom stereocenters. The fourth-order valence-electron chi connectivity index (χ4n) is 2.62. The highest BCUT2D eigenvalue weighted by molar-refractivity contribution is 5.94. The molecule has 0 saturated carbocycles. The fourth-order valence-corrected chi connectivity index (χ4v) is 2.62. The molecule has 0 aromatic heterocycles. The van der Waals surface area contributed by atoms with Gasteiger partial charge in [0.05, 0.1) is 5.56 Å². The minimum absolute atomic E-state index is 0.00970. The van der Waals surface area contributed by atoms with Crippen molar-refractivity contribution in [3.8, 4) is 0 Å². The Bertz CT molecular complexity index is 603. The maximum absolute atomic E-state index is 13.7. The van der Waals surface area contributed by atoms with E-state index in [2.05, 4.69) is 0 Å². The van der Waals surface area contributed by atoms with Crippen LogP contribution >= 0.6 is 0 Å². The Hall–Kier alpha value is -2.24. The molecule has 0 unspecified atom stereocenters. The van der Waals surface area contributed by atoms with E-state index in [0.29, 0.717) is 32.6 Å². The number of carbonyl (C=O) groups excluding carboxylic acids is 3. The van der Waals surface area contributed by atoms with Crippen molar-refractivity contribution < 1.29 is 18.8 Å². The van der Waals surface area contributed by atoms with Crippen LogP contribution in [-0.4, -0.2) is 53.6 Å². The average molecular weight is 320 g/mol. The first-order valence-electron chi connectivity index (χ1n) is 7.80. The molecule has 1 saturated heterocycles. The summed E-state index contributed by atoms with van der Waals surface area (Å²) in [6.45, 7) is 3.29. The Morgan fingerprint density at radius 2 is 1.65 bits per heavy atom. The monoisotopic (exact) mass is 320 g/mol. The second kappa shape index (κ2) is 7.85. The zero-order valence-corrected chi connectivity index (χ0v) is 13.3. The van der Waals surface area contributed by atoms with Crippen molar-refractivity contribution in [3.05, 3.63) is 35.6 Å². The van der Waals surface area contributed by atoms with E-state index in [1.807, 2.05) is 0 Å². The van der Waals surface area contributed by atoms with E-state index in [1.165, 1.54) is 19.1 Å². The lowest BCUT2D eigenvalue weighted by atomic mass is 10.2. The second-order valence-corrected chi connectivity index (χ2v) is 5.71. The van der Waals surface area contributed by atoms with Crippen LogP contribution in [-0.2, 0) is 9.59 Å². The lowest BCUT2D eigenvalue weighted by molar-refractivity contribution is -0.132. The molecule has 6 heteroatoms. The Kier molecular flexibility index (Phi) is 5.84. The van der Waals surface area contributed by atoms with E-state index in [9.17, 15) is 18.8 Å². The van der Waals surface area contributed by atoms with Gasteiger partial charge in [0.2, 0.25) is 5.91 Å². The van der Waals surface area contributed by atoms with Crippen LogP contribution in [0.15, 0.2) is 24.3 Å². The van der Waals surface area contributed by atoms with Gasteiger partial charge in [-0.25, -0.2) is 4.39 Å². The van der Waals surface area contributed by atoms with Gasteiger partial charge < -0.3 is 14.6 Å². The van der Waals surface area contributed by atoms with Gasteiger partial charge in [-0.05, 0) is 25.5 Å². The second-order valence-electron chi connectivity index (χ2n) is 5.71. The molecule has 0 N–H and O–H groups in total. The van der Waals surface area contributed by atoms with Gasteiger partial charge >= 0.3 is 0 Å². The van der Waals surface area contributed by atoms with Gasteiger partial charge in [-0.3, -0.25) is 9.59 Å². The number of Topliss-reactive ketones (excluding diaryl/α,β-unsaturated/α-hetero) is 1. The van der Waals surface area contributed by atoms with Crippen molar-refractivity contribution in [2.24, 2.45) is 0 Å². The van der Waals surface area contributed by atoms with Crippen LogP contribution < -0.4 is 0 Å². The number of benzene rings is 1. The van der Waals surface area contributed by atoms with Crippen LogP contribution in [0.1, 0.15) is 36.5 Å². The minimum atomic E-state index is -0.531. The number of halogens is 1. The van der Waals surface area contributed by atoms with Gasteiger partial charge in [-0.1, -0.05) is 12.1 Å². The molecule has 23 heavy (non-hydrogen) atoms. The van der Waals surface area contributed by atoms with Crippen molar-refractivity contribution in [1.82, 2.24) is 9.80 Å². The molecule has 2 amide bonds. The van der Waals surface area contributed by atoms with Crippen LogP contribution in [0.25, 0.3) is 0 Å². The standard InChI is InChI=1S/C17H21FN2O3/c1-13(21)7-8-16(22)19-9-4-10-20(12-11-19)17(23)14-5-2-3-6-15(14)18/h2-3,5-6H,4,7-12H2,1H3. The third-order valence-electron chi connectivity index (χ3n) is 3.93. The summed E-state index contributed by atoms with van der Waals surface area (Å²) in [5, 5.41) is 0. The number of amides is 2. The van der Waals surface area contributed by atoms with E-state index in [4.69, 9.17) is 0 Å². The van der Waals surface area contributed by atoms with E-state index >= 15 is 0 Å². The highest BCUT2D eigenvalue weighted by atomic mass is 19.1. The molecule has 1 aromatic carbocycles. The molecule has 124 valence electrons. The first-order chi connectivity index (χ1) is 11.0. The maximum atomic E-state index is 13.7. The summed E-state index contributed by atoms with van der Waals surface area (Å²) in [6, 6.07) is 5.91. The predicted octanol–water partition coefficient (Wildman–Crippen LogP) is 1.87. The average Bonchev–Trinajstić information content (AvgIpc) is 2.78. The Balaban J connectivity index is 1.96. The minimum Gasteiger partial charge on any atom is -0.341 e. The van der Waals surface area contributed by atoms with Crippen molar-refractivity contribution in [1.29, 1.82) is 0 Å². The molecule has 0 radical (unpaired) electrons. The van der Waals surface area contributed by atoms with Gasteiger partial charge in [0.15, 0.2) is 0 Å². The van der Waals surface area contributed by atoms with E-state index in [0.717, 1.165) is 0 Å². The third-order valence-corrected chi connectivity index (χ3v) is 3.93. The van der Waals surface area contributed by atoms with E-state index < -0.39 is 5.82 Å². The lowest BCUT2D eigenvalue weighted by Gasteiger charge is -2.22. The van der Waals surface area contributed by atoms with Crippen molar-refractivity contribution in [2.45, 2.75) is 26.2 Å². The Morgan fingerprint density at radius 1 is 1.00 bits per heavy atom. The summed E-state index contributed by atoms with van der Waals surface area (Å²) < 4.78 is 13.7. The molecular weight excluding hydrogens is 299 g/mol. The van der Waals surface area contributed by atoms with Crippen LogP contribution in [0.2, 0.25) is 0 Å². The number of hydrogen-bond acceptors (Lipinski definition) is 3. The zero-order valence-electron chi connectivity index (χ0n) is 13.3. The molecule has 1 aliphatic heterocycles. The molecule has 1 heterocycles. The number of hydrogen-bond donors (Lipinski definition) is 0. The van der Waals surface area contributed by atoms with Crippen LogP contribution in [0.4, 0.5) is 4.39 Å². The molecule has 0 aliphatic carbocycles. The molecule has 0 spiro atoms. The largest absolute Gasteiger partial charge is 0.341 e. The molecule has 2 rings (SSSR count). The van der Waals surface area contributed by atoms with Gasteiger partial charge in [-0.2, -0.15) is 0 Å². The van der Waals surface area contributed by atoms with Crippen LogP contribution in [0.3, 0.4) is 0 Å². The number of nitrogens with zero attached hydrogens (tertiary/aromatic N) is 2. The van der Waals surface area contributed by atoms with Crippen molar-refractivity contribution >= 4 is 17.6 Å². The number of rotatable bonds is 4. The Morgan fingerprint density at radius 3 is 2.35 bits per heavy atom. The highest BCUT2D eigenvalue weighted by Gasteiger charge is 2.24. The SMILES string of the molecule is CC(=O)CCC(=O)N1CCCN(C(=O)c2ccccc2F)CC1. The smallest absolute Gasteiger partial charge is 0.256 e. The molecule has 1 aliphatic rings. The summed E-state index contributed by atoms with van der Waals surface area (Å²) in [7, 11) is 0. The number of carbonyl (C=O) groups is 3. The summed E-state index contributed by atoms with van der Waals surface area (Å²) >= 11 is 0.